The number of nitrogens with one attached hydrogen (secondary N) is 1. The van der Waals surface area contributed by atoms with Crippen LogP contribution < -0.4 is 11.2 Å². The largest absolute Gasteiger partial charge is 0.335 e. The first-order valence-electron chi connectivity index (χ1n) is 7.64. The van der Waals surface area contributed by atoms with E-state index in [1.807, 2.05) is 30.3 Å². The molecule has 0 spiro atoms. The van der Waals surface area contributed by atoms with Crippen molar-refractivity contribution in [2.24, 2.45) is 0 Å². The first-order valence-corrected chi connectivity index (χ1v) is 9.27. The van der Waals surface area contributed by atoms with Gasteiger partial charge in [0, 0.05) is 16.3 Å². The van der Waals surface area contributed by atoms with Gasteiger partial charge in [0.25, 0.3) is 0 Å². The lowest BCUT2D eigenvalue weighted by atomic mass is 10.2. The second-order valence-electron chi connectivity index (χ2n) is 5.42. The summed E-state index contributed by atoms with van der Waals surface area (Å²) >= 11 is 13.4. The molecule has 9 heteroatoms. The van der Waals surface area contributed by atoms with Gasteiger partial charge in [0.15, 0.2) is 5.82 Å². The van der Waals surface area contributed by atoms with Gasteiger partial charge in [-0.05, 0) is 37.3 Å². The molecular formula is C17H15Cl2N5OS. The number of nitrogens with zero attached hydrogens (tertiary/aromatic N) is 3. The number of anilines is 1. The maximum absolute atomic E-state index is 12.3. The molecule has 0 aliphatic carbocycles. The van der Waals surface area contributed by atoms with Gasteiger partial charge in [-0.1, -0.05) is 53.2 Å². The molecule has 26 heavy (non-hydrogen) atoms. The smallest absolute Gasteiger partial charge is 0.237 e. The Hall–Kier alpha value is -2.22. The minimum absolute atomic E-state index is 0.161. The van der Waals surface area contributed by atoms with E-state index in [-0.39, 0.29) is 5.91 Å². The topological polar surface area (TPSA) is 85.8 Å². The van der Waals surface area contributed by atoms with Crippen LogP contribution in [0, 0.1) is 0 Å². The Kier molecular flexibility index (Phi) is 5.70. The lowest BCUT2D eigenvalue weighted by Crippen LogP contribution is -2.23. The molecule has 134 valence electrons. The van der Waals surface area contributed by atoms with Gasteiger partial charge in [-0.15, -0.1) is 10.2 Å². The van der Waals surface area contributed by atoms with E-state index in [9.17, 15) is 4.79 Å². The van der Waals surface area contributed by atoms with Gasteiger partial charge < -0.3 is 11.2 Å². The predicted octanol–water partition coefficient (Wildman–Crippen LogP) is 4.09. The SMILES string of the molecule is C[C@@H](Sc1nnc(-c2cc(Cl)ccc2Cl)n1N)C(=O)Nc1ccccc1. The lowest BCUT2D eigenvalue weighted by molar-refractivity contribution is -0.115. The standard InChI is InChI=1S/C17H15Cl2N5OS/c1-10(16(25)21-12-5-3-2-4-6-12)26-17-23-22-15(24(17)20)13-9-11(18)7-8-14(13)19/h2-10H,20H2,1H3,(H,21,25)/t10-/m1/s1. The van der Waals surface area contributed by atoms with Crippen LogP contribution in [0.1, 0.15) is 6.92 Å². The number of amides is 1. The Balaban J connectivity index is 1.75. The number of hydrogen-bond donors (Lipinski definition) is 2. The third-order valence-corrected chi connectivity index (χ3v) is 5.15. The molecule has 1 aromatic heterocycles. The van der Waals surface area contributed by atoms with E-state index in [2.05, 4.69) is 15.5 Å². The highest BCUT2D eigenvalue weighted by molar-refractivity contribution is 8.00. The summed E-state index contributed by atoms with van der Waals surface area (Å²) in [5.41, 5.74) is 1.30. The summed E-state index contributed by atoms with van der Waals surface area (Å²) in [6, 6.07) is 14.2. The summed E-state index contributed by atoms with van der Waals surface area (Å²) in [6.45, 7) is 1.77. The highest BCUT2D eigenvalue weighted by atomic mass is 35.5. The van der Waals surface area contributed by atoms with E-state index in [1.165, 1.54) is 16.4 Å². The maximum Gasteiger partial charge on any atom is 0.237 e. The fraction of sp³-hybridized carbons (Fsp3) is 0.118. The normalized spacial score (nSPS) is 12.0. The molecular weight excluding hydrogens is 393 g/mol. The highest BCUT2D eigenvalue weighted by Crippen LogP contribution is 2.31. The first kappa shape index (κ1) is 18.6. The van der Waals surface area contributed by atoms with Crippen molar-refractivity contribution in [3.63, 3.8) is 0 Å². The molecule has 0 unspecified atom stereocenters. The average Bonchev–Trinajstić information content (AvgIpc) is 2.98. The van der Waals surface area contributed by atoms with E-state index in [4.69, 9.17) is 29.0 Å². The number of benzene rings is 2. The van der Waals surface area contributed by atoms with Crippen LogP contribution in [0.5, 0.6) is 0 Å². The molecule has 3 aromatic rings. The van der Waals surface area contributed by atoms with Gasteiger partial charge in [0.05, 0.1) is 10.3 Å². The van der Waals surface area contributed by atoms with Crippen LogP contribution in [0.3, 0.4) is 0 Å². The molecule has 0 bridgehead atoms. The van der Waals surface area contributed by atoms with Crippen molar-refractivity contribution in [2.75, 3.05) is 11.2 Å². The van der Waals surface area contributed by atoms with Gasteiger partial charge in [0.1, 0.15) is 0 Å². The molecule has 0 aliphatic rings. The van der Waals surface area contributed by atoms with E-state index >= 15 is 0 Å². The Morgan fingerprint density at radius 3 is 2.65 bits per heavy atom. The Bertz CT molecular complexity index is 932. The summed E-state index contributed by atoms with van der Waals surface area (Å²) in [7, 11) is 0. The molecule has 0 saturated heterocycles. The van der Waals surface area contributed by atoms with Crippen LogP contribution in [0.2, 0.25) is 10.0 Å². The zero-order valence-corrected chi connectivity index (χ0v) is 16.0. The Morgan fingerprint density at radius 2 is 1.92 bits per heavy atom. The number of carbonyl (C=O) groups excluding carboxylic acids is 1. The number of carbonyl (C=O) groups is 1. The van der Waals surface area contributed by atoms with Crippen LogP contribution in [0.25, 0.3) is 11.4 Å². The predicted molar refractivity (Wildman–Crippen MR) is 106 cm³/mol. The van der Waals surface area contributed by atoms with Gasteiger partial charge in [0.2, 0.25) is 11.1 Å². The van der Waals surface area contributed by atoms with Crippen molar-refractivity contribution in [1.29, 1.82) is 0 Å². The number of nitrogens with two attached hydrogens (primary N) is 1. The fourth-order valence-corrected chi connectivity index (χ4v) is 3.33. The van der Waals surface area contributed by atoms with Crippen molar-refractivity contribution in [3.8, 4) is 11.4 Å². The summed E-state index contributed by atoms with van der Waals surface area (Å²) in [6.07, 6.45) is 0. The Labute approximate surface area is 164 Å². The first-order chi connectivity index (χ1) is 12.5. The third-order valence-electron chi connectivity index (χ3n) is 3.53. The number of nitrogen functional groups attached to an aromatic ring is 1. The maximum atomic E-state index is 12.3. The van der Waals surface area contributed by atoms with E-state index in [0.29, 0.717) is 26.6 Å². The third kappa shape index (κ3) is 4.12. The fourth-order valence-electron chi connectivity index (χ4n) is 2.19. The minimum Gasteiger partial charge on any atom is -0.335 e. The zero-order valence-electron chi connectivity index (χ0n) is 13.7. The molecule has 0 fully saturated rings. The van der Waals surface area contributed by atoms with Crippen LogP contribution in [-0.2, 0) is 4.79 Å². The molecule has 3 N–H and O–H groups in total. The molecule has 2 aromatic carbocycles. The van der Waals surface area contributed by atoms with Crippen molar-refractivity contribution in [3.05, 3.63) is 58.6 Å². The van der Waals surface area contributed by atoms with E-state index in [0.717, 1.165) is 5.69 Å². The molecule has 0 radical (unpaired) electrons. The number of halogens is 2. The second-order valence-corrected chi connectivity index (χ2v) is 7.57. The lowest BCUT2D eigenvalue weighted by Gasteiger charge is -2.11. The second kappa shape index (κ2) is 7.99. The summed E-state index contributed by atoms with van der Waals surface area (Å²) < 4.78 is 1.30. The summed E-state index contributed by atoms with van der Waals surface area (Å²) in [4.78, 5) is 12.3. The molecule has 6 nitrogen and oxygen atoms in total. The minimum atomic E-state index is -0.426. The van der Waals surface area contributed by atoms with Gasteiger partial charge in [-0.2, -0.15) is 0 Å². The van der Waals surface area contributed by atoms with Gasteiger partial charge >= 0.3 is 0 Å². The van der Waals surface area contributed by atoms with E-state index < -0.39 is 5.25 Å². The van der Waals surface area contributed by atoms with Crippen LogP contribution >= 0.6 is 35.0 Å². The number of para-hydroxylation sites is 1. The average molecular weight is 408 g/mol. The number of hydrogen-bond acceptors (Lipinski definition) is 5. The zero-order chi connectivity index (χ0) is 18.7. The number of rotatable bonds is 5. The van der Waals surface area contributed by atoms with Gasteiger partial charge in [-0.25, -0.2) is 4.68 Å². The monoisotopic (exact) mass is 407 g/mol. The molecule has 3 rings (SSSR count). The molecule has 1 heterocycles. The molecule has 1 amide bonds. The highest BCUT2D eigenvalue weighted by Gasteiger charge is 2.21. The number of aromatic nitrogens is 3. The molecule has 0 saturated carbocycles. The summed E-state index contributed by atoms with van der Waals surface area (Å²) in [5.74, 6) is 6.30. The molecule has 0 aliphatic heterocycles. The van der Waals surface area contributed by atoms with Gasteiger partial charge in [-0.3, -0.25) is 4.79 Å². The van der Waals surface area contributed by atoms with E-state index in [1.54, 1.807) is 25.1 Å². The van der Waals surface area contributed by atoms with Crippen molar-refractivity contribution in [2.45, 2.75) is 17.3 Å². The quantitative estimate of drug-likeness (QED) is 0.491. The summed E-state index contributed by atoms with van der Waals surface area (Å²) in [5, 5.41) is 11.9. The van der Waals surface area contributed by atoms with Crippen molar-refractivity contribution in [1.82, 2.24) is 14.9 Å². The van der Waals surface area contributed by atoms with Crippen molar-refractivity contribution >= 4 is 46.6 Å². The molecule has 1 atom stereocenters. The van der Waals surface area contributed by atoms with Crippen molar-refractivity contribution < 1.29 is 4.79 Å². The number of thioether (sulfide) groups is 1. The Morgan fingerprint density at radius 1 is 1.19 bits per heavy atom. The van der Waals surface area contributed by atoms with Crippen LogP contribution in [0.15, 0.2) is 53.7 Å². The van der Waals surface area contributed by atoms with Crippen LogP contribution in [-0.4, -0.2) is 26.0 Å². The van der Waals surface area contributed by atoms with Crippen LogP contribution in [0.4, 0.5) is 5.69 Å².